The summed E-state index contributed by atoms with van der Waals surface area (Å²) in [7, 11) is 0. The van der Waals surface area contributed by atoms with Crippen LogP contribution in [0.1, 0.15) is 15.9 Å². The first kappa shape index (κ1) is 17.2. The van der Waals surface area contributed by atoms with Crippen molar-refractivity contribution in [3.8, 4) is 11.1 Å². The van der Waals surface area contributed by atoms with E-state index in [0.717, 1.165) is 16.7 Å². The van der Waals surface area contributed by atoms with E-state index in [9.17, 15) is 9.59 Å². The van der Waals surface area contributed by atoms with Crippen LogP contribution in [0.25, 0.3) is 17.2 Å². The van der Waals surface area contributed by atoms with Gasteiger partial charge in [0.1, 0.15) is 0 Å². The number of carbonyl (C=O) groups is 2. The predicted molar refractivity (Wildman–Crippen MR) is 107 cm³/mol. The Labute approximate surface area is 161 Å². The first-order valence-electron chi connectivity index (χ1n) is 8.47. The van der Waals surface area contributed by atoms with E-state index in [-0.39, 0.29) is 0 Å². The largest absolute Gasteiger partial charge is 0.301 e. The van der Waals surface area contributed by atoms with E-state index >= 15 is 0 Å². The maximum Gasteiger partial charge on any atom is 0.299 e. The van der Waals surface area contributed by atoms with Crippen LogP contribution in [-0.2, 0) is 4.79 Å². The Bertz CT molecular complexity index is 1060. The van der Waals surface area contributed by atoms with Crippen LogP contribution in [-0.4, -0.2) is 23.2 Å². The number of rotatable bonds is 4. The Kier molecular flexibility index (Phi) is 4.57. The molecule has 0 fully saturated rings. The highest BCUT2D eigenvalue weighted by atomic mass is 35.5. The molecule has 0 aliphatic carbocycles. The third kappa shape index (κ3) is 3.27. The van der Waals surface area contributed by atoms with Gasteiger partial charge in [-0.05, 0) is 35.4 Å². The van der Waals surface area contributed by atoms with Gasteiger partial charge >= 0.3 is 0 Å². The van der Waals surface area contributed by atoms with E-state index in [1.54, 1.807) is 24.5 Å². The Morgan fingerprint density at radius 3 is 2.63 bits per heavy atom. The third-order valence-electron chi connectivity index (χ3n) is 4.46. The molecule has 0 bridgehead atoms. The highest BCUT2D eigenvalue weighted by Crippen LogP contribution is 2.32. The van der Waals surface area contributed by atoms with Crippen LogP contribution in [0.4, 0.5) is 5.69 Å². The molecule has 1 amide bonds. The number of pyridine rings is 1. The van der Waals surface area contributed by atoms with Gasteiger partial charge in [-0.2, -0.15) is 0 Å². The number of nitrogens with zero attached hydrogens (tertiary/aromatic N) is 2. The average Bonchev–Trinajstić information content (AvgIpc) is 2.94. The van der Waals surface area contributed by atoms with Gasteiger partial charge in [-0.3, -0.25) is 14.6 Å². The van der Waals surface area contributed by atoms with E-state index < -0.39 is 11.7 Å². The Morgan fingerprint density at radius 2 is 1.85 bits per heavy atom. The predicted octanol–water partition coefficient (Wildman–Crippen LogP) is 4.64. The lowest BCUT2D eigenvalue weighted by atomic mass is 10.0. The standard InChI is InChI=1S/C22H15ClN2O2/c23-19-8-2-1-5-15(19)7-4-12-25-20-10-9-16(17-6-3-11-24-14-17)13-18(20)21(26)22(25)27/h1-11,13-14H,12H2/b7-4+. The summed E-state index contributed by atoms with van der Waals surface area (Å²) >= 11 is 6.14. The molecule has 1 aliphatic heterocycles. The van der Waals surface area contributed by atoms with Crippen molar-refractivity contribution in [2.45, 2.75) is 0 Å². The van der Waals surface area contributed by atoms with Crippen LogP contribution in [0.5, 0.6) is 0 Å². The number of benzene rings is 2. The minimum absolute atomic E-state index is 0.301. The fourth-order valence-corrected chi connectivity index (χ4v) is 3.29. The molecule has 3 aromatic rings. The first-order chi connectivity index (χ1) is 13.1. The number of hydrogen-bond donors (Lipinski definition) is 0. The number of carbonyl (C=O) groups excluding carboxylic acids is 2. The number of halogens is 1. The minimum atomic E-state index is -0.517. The van der Waals surface area contributed by atoms with E-state index in [1.807, 2.05) is 54.6 Å². The smallest absolute Gasteiger partial charge is 0.299 e. The van der Waals surface area contributed by atoms with Crippen LogP contribution in [0, 0.1) is 0 Å². The molecule has 4 rings (SSSR count). The summed E-state index contributed by atoms with van der Waals surface area (Å²) in [6.45, 7) is 0.301. The van der Waals surface area contributed by atoms with Crippen molar-refractivity contribution < 1.29 is 9.59 Å². The molecule has 1 aliphatic rings. The molecule has 0 atom stereocenters. The van der Waals surface area contributed by atoms with Gasteiger partial charge in [0.25, 0.3) is 11.7 Å². The number of Topliss-reactive ketones (excluding diaryl/α,β-unsaturated/α-hetero) is 1. The van der Waals surface area contributed by atoms with Gasteiger partial charge in [0, 0.05) is 29.5 Å². The molecule has 2 aromatic carbocycles. The summed E-state index contributed by atoms with van der Waals surface area (Å²) in [5.41, 5.74) is 3.67. The van der Waals surface area contributed by atoms with Crippen molar-refractivity contribution >= 4 is 35.1 Å². The molecular weight excluding hydrogens is 360 g/mol. The van der Waals surface area contributed by atoms with Crippen molar-refractivity contribution in [1.82, 2.24) is 4.98 Å². The van der Waals surface area contributed by atoms with Crippen LogP contribution < -0.4 is 4.90 Å². The fourth-order valence-electron chi connectivity index (χ4n) is 3.09. The van der Waals surface area contributed by atoms with Gasteiger partial charge in [0.2, 0.25) is 0 Å². The molecule has 0 saturated carbocycles. The second-order valence-electron chi connectivity index (χ2n) is 6.14. The summed E-state index contributed by atoms with van der Waals surface area (Å²) in [4.78, 5) is 30.4. The zero-order valence-electron chi connectivity index (χ0n) is 14.3. The van der Waals surface area contributed by atoms with Crippen molar-refractivity contribution in [3.63, 3.8) is 0 Å². The molecule has 132 valence electrons. The van der Waals surface area contributed by atoms with Gasteiger partial charge in [-0.1, -0.05) is 54.1 Å². The van der Waals surface area contributed by atoms with Crippen LogP contribution in [0.2, 0.25) is 5.02 Å². The lowest BCUT2D eigenvalue weighted by Crippen LogP contribution is -2.29. The number of fused-ring (bicyclic) bond motifs is 1. The van der Waals surface area contributed by atoms with Crippen LogP contribution in [0.3, 0.4) is 0 Å². The van der Waals surface area contributed by atoms with Crippen molar-refractivity contribution in [1.29, 1.82) is 0 Å². The molecule has 0 N–H and O–H groups in total. The summed E-state index contributed by atoms with van der Waals surface area (Å²) in [5.74, 6) is -1.00. The molecule has 2 heterocycles. The monoisotopic (exact) mass is 374 g/mol. The quantitative estimate of drug-likeness (QED) is 0.625. The SMILES string of the molecule is O=C1C(=O)N(C/C=C/c2ccccc2Cl)c2ccc(-c3cccnc3)cc21. The van der Waals surface area contributed by atoms with Gasteiger partial charge in [0.05, 0.1) is 11.3 Å². The molecule has 0 spiro atoms. The number of ketones is 1. The number of anilines is 1. The Balaban J connectivity index is 1.61. The lowest BCUT2D eigenvalue weighted by Gasteiger charge is -2.14. The zero-order chi connectivity index (χ0) is 18.8. The van der Waals surface area contributed by atoms with E-state index in [2.05, 4.69) is 4.98 Å². The average molecular weight is 375 g/mol. The van der Waals surface area contributed by atoms with Crippen LogP contribution in [0.15, 0.2) is 73.1 Å². The molecule has 5 heteroatoms. The lowest BCUT2D eigenvalue weighted by molar-refractivity contribution is -0.114. The number of hydrogen-bond acceptors (Lipinski definition) is 3. The highest BCUT2D eigenvalue weighted by Gasteiger charge is 2.35. The molecule has 0 saturated heterocycles. The zero-order valence-corrected chi connectivity index (χ0v) is 15.1. The Morgan fingerprint density at radius 1 is 1.00 bits per heavy atom. The summed E-state index contributed by atoms with van der Waals surface area (Å²) in [6.07, 6.45) is 7.10. The van der Waals surface area contributed by atoms with Gasteiger partial charge in [-0.15, -0.1) is 0 Å². The number of aromatic nitrogens is 1. The van der Waals surface area contributed by atoms with Crippen LogP contribution >= 0.6 is 11.6 Å². The molecule has 27 heavy (non-hydrogen) atoms. The highest BCUT2D eigenvalue weighted by molar-refractivity contribution is 6.52. The number of amides is 1. The van der Waals surface area contributed by atoms with Crippen molar-refractivity contribution in [2.75, 3.05) is 11.4 Å². The minimum Gasteiger partial charge on any atom is -0.301 e. The summed E-state index contributed by atoms with van der Waals surface area (Å²) < 4.78 is 0. The molecule has 0 radical (unpaired) electrons. The Hall–Kier alpha value is -3.24. The molecule has 1 aromatic heterocycles. The van der Waals surface area contributed by atoms with E-state index in [4.69, 9.17) is 11.6 Å². The maximum absolute atomic E-state index is 12.4. The van der Waals surface area contributed by atoms with Gasteiger partial charge in [-0.25, -0.2) is 0 Å². The van der Waals surface area contributed by atoms with Crippen molar-refractivity contribution in [2.24, 2.45) is 0 Å². The first-order valence-corrected chi connectivity index (χ1v) is 8.84. The van der Waals surface area contributed by atoms with Crippen molar-refractivity contribution in [3.05, 3.63) is 89.2 Å². The third-order valence-corrected chi connectivity index (χ3v) is 4.80. The topological polar surface area (TPSA) is 50.3 Å². The van der Waals surface area contributed by atoms with E-state index in [0.29, 0.717) is 22.8 Å². The van der Waals surface area contributed by atoms with E-state index in [1.165, 1.54) is 4.90 Å². The van der Waals surface area contributed by atoms with Gasteiger partial charge in [0.15, 0.2) is 0 Å². The second-order valence-corrected chi connectivity index (χ2v) is 6.55. The summed E-state index contributed by atoms with van der Waals surface area (Å²) in [5, 5.41) is 0.638. The van der Waals surface area contributed by atoms with Gasteiger partial charge < -0.3 is 4.90 Å². The molecule has 4 nitrogen and oxygen atoms in total. The molecule has 0 unspecified atom stereocenters. The fraction of sp³-hybridized carbons (Fsp3) is 0.0455. The molecular formula is C22H15ClN2O2. The summed E-state index contributed by atoms with van der Waals surface area (Å²) in [6, 6.07) is 16.7. The second kappa shape index (κ2) is 7.17. The normalized spacial score (nSPS) is 13.4. The maximum atomic E-state index is 12.4.